The first kappa shape index (κ1) is 13.9. The van der Waals surface area contributed by atoms with Crippen molar-refractivity contribution in [3.63, 3.8) is 0 Å². The van der Waals surface area contributed by atoms with E-state index in [9.17, 15) is 9.59 Å². The third-order valence-electron chi connectivity index (χ3n) is 3.09. The first-order valence-electron chi connectivity index (χ1n) is 6.05. The molecule has 0 aromatic rings. The number of nitrogens with one attached hydrogen (secondary N) is 1. The van der Waals surface area contributed by atoms with Gasteiger partial charge in [0.2, 0.25) is 5.91 Å². The lowest BCUT2D eigenvalue weighted by Crippen LogP contribution is -2.57. The molecule has 0 bridgehead atoms. The van der Waals surface area contributed by atoms with Crippen molar-refractivity contribution in [2.75, 3.05) is 39.3 Å². The molecule has 1 unspecified atom stereocenters. The largest absolute Gasteiger partial charge is 0.480 e. The lowest BCUT2D eigenvalue weighted by Gasteiger charge is -2.34. The van der Waals surface area contributed by atoms with Crippen molar-refractivity contribution in [2.45, 2.75) is 19.9 Å². The van der Waals surface area contributed by atoms with Crippen LogP contribution >= 0.6 is 0 Å². The number of rotatable bonds is 5. The van der Waals surface area contributed by atoms with Gasteiger partial charge < -0.3 is 15.3 Å². The molecule has 1 rings (SSSR count). The SMILES string of the molecule is CCN(CC)C(=O)CN1CCNCC1C(=O)O. The highest BCUT2D eigenvalue weighted by atomic mass is 16.4. The number of amides is 1. The first-order chi connectivity index (χ1) is 8.10. The third-order valence-corrected chi connectivity index (χ3v) is 3.09. The summed E-state index contributed by atoms with van der Waals surface area (Å²) >= 11 is 0. The number of aliphatic carboxylic acids is 1. The van der Waals surface area contributed by atoms with E-state index in [2.05, 4.69) is 5.32 Å². The van der Waals surface area contributed by atoms with Gasteiger partial charge in [-0.3, -0.25) is 14.5 Å². The van der Waals surface area contributed by atoms with Gasteiger partial charge in [0.05, 0.1) is 6.54 Å². The summed E-state index contributed by atoms with van der Waals surface area (Å²) in [6, 6.07) is -0.594. The van der Waals surface area contributed by atoms with Gasteiger partial charge >= 0.3 is 5.97 Å². The topological polar surface area (TPSA) is 72.9 Å². The molecule has 1 atom stereocenters. The summed E-state index contributed by atoms with van der Waals surface area (Å²) in [4.78, 5) is 26.4. The molecule has 0 aromatic heterocycles. The Morgan fingerprint density at radius 3 is 2.59 bits per heavy atom. The van der Waals surface area contributed by atoms with Gasteiger partial charge in [0.15, 0.2) is 0 Å². The molecule has 6 heteroatoms. The molecule has 2 N–H and O–H groups in total. The zero-order valence-electron chi connectivity index (χ0n) is 10.5. The van der Waals surface area contributed by atoms with E-state index in [-0.39, 0.29) is 12.5 Å². The lowest BCUT2D eigenvalue weighted by atomic mass is 10.2. The smallest absolute Gasteiger partial charge is 0.322 e. The minimum Gasteiger partial charge on any atom is -0.480 e. The molecule has 1 fully saturated rings. The second kappa shape index (κ2) is 6.56. The Bertz CT molecular complexity index is 279. The molecular formula is C11H21N3O3. The van der Waals surface area contributed by atoms with Crippen LogP contribution in [0.25, 0.3) is 0 Å². The molecule has 17 heavy (non-hydrogen) atoms. The van der Waals surface area contributed by atoms with Crippen molar-refractivity contribution >= 4 is 11.9 Å². The van der Waals surface area contributed by atoms with Gasteiger partial charge in [0.1, 0.15) is 6.04 Å². The van der Waals surface area contributed by atoms with E-state index in [1.165, 1.54) is 0 Å². The van der Waals surface area contributed by atoms with Crippen LogP contribution < -0.4 is 5.32 Å². The van der Waals surface area contributed by atoms with Crippen molar-refractivity contribution in [1.29, 1.82) is 0 Å². The third kappa shape index (κ3) is 3.67. The standard InChI is InChI=1S/C11H21N3O3/c1-3-13(4-2)10(15)8-14-6-5-12-7-9(14)11(16)17/h9,12H,3-8H2,1-2H3,(H,16,17). The molecule has 1 amide bonds. The lowest BCUT2D eigenvalue weighted by molar-refractivity contribution is -0.145. The Morgan fingerprint density at radius 2 is 2.06 bits per heavy atom. The minimum atomic E-state index is -0.871. The van der Waals surface area contributed by atoms with Crippen molar-refractivity contribution in [3.05, 3.63) is 0 Å². The fourth-order valence-corrected chi connectivity index (χ4v) is 2.03. The second-order valence-corrected chi connectivity index (χ2v) is 4.09. The molecule has 98 valence electrons. The van der Waals surface area contributed by atoms with Crippen LogP contribution in [-0.4, -0.2) is 72.1 Å². The molecule has 0 radical (unpaired) electrons. The zero-order valence-corrected chi connectivity index (χ0v) is 10.5. The summed E-state index contributed by atoms with van der Waals surface area (Å²) in [7, 11) is 0. The van der Waals surface area contributed by atoms with Gasteiger partial charge in [0, 0.05) is 32.7 Å². The molecule has 1 heterocycles. The van der Waals surface area contributed by atoms with E-state index in [1.807, 2.05) is 13.8 Å². The molecule has 0 aromatic carbocycles. The Labute approximate surface area is 102 Å². The van der Waals surface area contributed by atoms with Crippen molar-refractivity contribution in [3.8, 4) is 0 Å². The average Bonchev–Trinajstić information content (AvgIpc) is 2.31. The molecule has 0 saturated carbocycles. The van der Waals surface area contributed by atoms with Gasteiger partial charge in [0.25, 0.3) is 0 Å². The van der Waals surface area contributed by atoms with E-state index in [0.29, 0.717) is 26.2 Å². The van der Waals surface area contributed by atoms with Crippen molar-refractivity contribution in [2.24, 2.45) is 0 Å². The highest BCUT2D eigenvalue weighted by molar-refractivity contribution is 5.80. The van der Waals surface area contributed by atoms with Crippen molar-refractivity contribution in [1.82, 2.24) is 15.1 Å². The molecular weight excluding hydrogens is 222 g/mol. The van der Waals surface area contributed by atoms with E-state index >= 15 is 0 Å². The molecule has 0 spiro atoms. The normalized spacial score (nSPS) is 21.2. The van der Waals surface area contributed by atoms with E-state index in [1.54, 1.807) is 9.80 Å². The first-order valence-corrected chi connectivity index (χ1v) is 6.05. The molecule has 1 aliphatic heterocycles. The highest BCUT2D eigenvalue weighted by Gasteiger charge is 2.30. The average molecular weight is 243 g/mol. The Morgan fingerprint density at radius 1 is 1.41 bits per heavy atom. The zero-order chi connectivity index (χ0) is 12.8. The van der Waals surface area contributed by atoms with Crippen LogP contribution in [0.5, 0.6) is 0 Å². The Kier molecular flexibility index (Phi) is 5.37. The van der Waals surface area contributed by atoms with Crippen molar-refractivity contribution < 1.29 is 14.7 Å². The number of hydrogen-bond acceptors (Lipinski definition) is 4. The predicted octanol–water partition coefficient (Wildman–Crippen LogP) is -0.787. The van der Waals surface area contributed by atoms with E-state index < -0.39 is 12.0 Å². The number of carboxylic acid groups (broad SMARTS) is 1. The number of carbonyl (C=O) groups excluding carboxylic acids is 1. The maximum atomic E-state index is 11.9. The fourth-order valence-electron chi connectivity index (χ4n) is 2.03. The number of piperazine rings is 1. The van der Waals surface area contributed by atoms with Gasteiger partial charge in [-0.25, -0.2) is 0 Å². The maximum Gasteiger partial charge on any atom is 0.322 e. The summed E-state index contributed by atoms with van der Waals surface area (Å²) in [6.45, 7) is 7.11. The number of nitrogens with zero attached hydrogens (tertiary/aromatic N) is 2. The highest BCUT2D eigenvalue weighted by Crippen LogP contribution is 2.04. The summed E-state index contributed by atoms with van der Waals surface area (Å²) < 4.78 is 0. The summed E-state index contributed by atoms with van der Waals surface area (Å²) in [6.07, 6.45) is 0. The van der Waals surface area contributed by atoms with Crippen LogP contribution in [-0.2, 0) is 9.59 Å². The fraction of sp³-hybridized carbons (Fsp3) is 0.818. The molecule has 0 aliphatic carbocycles. The van der Waals surface area contributed by atoms with Gasteiger partial charge in [-0.15, -0.1) is 0 Å². The Balaban J connectivity index is 2.58. The van der Waals surface area contributed by atoms with E-state index in [4.69, 9.17) is 5.11 Å². The van der Waals surface area contributed by atoms with Crippen LogP contribution in [0.2, 0.25) is 0 Å². The monoisotopic (exact) mass is 243 g/mol. The van der Waals surface area contributed by atoms with Crippen LogP contribution in [0.4, 0.5) is 0 Å². The van der Waals surface area contributed by atoms with Gasteiger partial charge in [-0.1, -0.05) is 0 Å². The molecule has 1 saturated heterocycles. The molecule has 6 nitrogen and oxygen atoms in total. The number of carboxylic acids is 1. The van der Waals surface area contributed by atoms with Crippen LogP contribution in [0.1, 0.15) is 13.8 Å². The Hall–Kier alpha value is -1.14. The number of likely N-dealkylation sites (N-methyl/N-ethyl adjacent to an activating group) is 1. The van der Waals surface area contributed by atoms with E-state index in [0.717, 1.165) is 6.54 Å². The summed E-state index contributed by atoms with van der Waals surface area (Å²) in [5.74, 6) is -0.868. The van der Waals surface area contributed by atoms with Gasteiger partial charge in [-0.2, -0.15) is 0 Å². The van der Waals surface area contributed by atoms with Crippen LogP contribution in [0.15, 0.2) is 0 Å². The number of hydrogen-bond donors (Lipinski definition) is 2. The summed E-state index contributed by atoms with van der Waals surface area (Å²) in [5, 5.41) is 12.1. The minimum absolute atomic E-state index is 0.00292. The number of carbonyl (C=O) groups is 2. The van der Waals surface area contributed by atoms with Gasteiger partial charge in [-0.05, 0) is 13.8 Å². The molecule has 1 aliphatic rings. The summed E-state index contributed by atoms with van der Waals surface area (Å²) in [5.41, 5.74) is 0. The maximum absolute atomic E-state index is 11.9. The quantitative estimate of drug-likeness (QED) is 0.662. The van der Waals surface area contributed by atoms with Crippen LogP contribution in [0.3, 0.4) is 0 Å². The predicted molar refractivity (Wildman–Crippen MR) is 63.8 cm³/mol. The van der Waals surface area contributed by atoms with Crippen LogP contribution in [0, 0.1) is 0 Å². The second-order valence-electron chi connectivity index (χ2n) is 4.09.